The number of halogens is 3. The highest BCUT2D eigenvalue weighted by molar-refractivity contribution is 7.25. The molecule has 1 aliphatic carbocycles. The number of fused-ring (bicyclic) bond motifs is 4. The van der Waals surface area contributed by atoms with Crippen molar-refractivity contribution in [2.75, 3.05) is 0 Å². The highest BCUT2D eigenvalue weighted by Crippen LogP contribution is 2.39. The van der Waals surface area contributed by atoms with Gasteiger partial charge in [0.15, 0.2) is 17.5 Å². The fourth-order valence-corrected chi connectivity index (χ4v) is 5.80. The largest absolute Gasteiger partial charge is 0.256 e. The molecule has 0 saturated carbocycles. The Labute approximate surface area is 187 Å². The Morgan fingerprint density at radius 3 is 2.09 bits per heavy atom. The number of nitrogens with zero attached hydrogens (tertiary/aromatic N) is 1. The Kier molecular flexibility index (Phi) is 4.54. The van der Waals surface area contributed by atoms with Gasteiger partial charge in [-0.15, -0.1) is 11.3 Å². The number of hydrogen-bond donors (Lipinski definition) is 0. The maximum Gasteiger partial charge on any atom is 0.194 e. The normalized spacial score (nSPS) is 13.6. The van der Waals surface area contributed by atoms with E-state index in [2.05, 4.69) is 24.3 Å². The van der Waals surface area contributed by atoms with E-state index in [1.54, 1.807) is 11.3 Å². The number of pyridine rings is 1. The van der Waals surface area contributed by atoms with E-state index in [0.717, 1.165) is 56.4 Å². The van der Waals surface area contributed by atoms with E-state index < -0.39 is 17.5 Å². The lowest BCUT2D eigenvalue weighted by atomic mass is 9.89. The summed E-state index contributed by atoms with van der Waals surface area (Å²) in [7, 11) is 0. The highest BCUT2D eigenvalue weighted by Gasteiger charge is 2.17. The Morgan fingerprint density at radius 2 is 1.34 bits per heavy atom. The molecule has 2 heterocycles. The fraction of sp³-hybridized carbons (Fsp3) is 0.148. The minimum Gasteiger partial charge on any atom is -0.256 e. The van der Waals surface area contributed by atoms with E-state index >= 15 is 0 Å². The van der Waals surface area contributed by atoms with Crippen molar-refractivity contribution < 1.29 is 13.2 Å². The summed E-state index contributed by atoms with van der Waals surface area (Å²) < 4.78 is 43.2. The molecule has 0 N–H and O–H groups in total. The zero-order valence-electron chi connectivity index (χ0n) is 17.1. The second-order valence-electron chi connectivity index (χ2n) is 8.28. The number of benzene rings is 3. The molecule has 0 spiro atoms. The molecule has 5 heteroatoms. The third-order valence-corrected chi connectivity index (χ3v) is 7.49. The van der Waals surface area contributed by atoms with E-state index in [-0.39, 0.29) is 0 Å². The van der Waals surface area contributed by atoms with Crippen LogP contribution in [0.1, 0.15) is 24.0 Å². The summed E-state index contributed by atoms with van der Waals surface area (Å²) in [5.74, 6) is -3.81. The van der Waals surface area contributed by atoms with Crippen molar-refractivity contribution in [2.45, 2.75) is 25.7 Å². The van der Waals surface area contributed by atoms with Crippen molar-refractivity contribution in [2.24, 2.45) is 0 Å². The second kappa shape index (κ2) is 7.45. The summed E-state index contributed by atoms with van der Waals surface area (Å²) in [5.41, 5.74) is 5.82. The lowest BCUT2D eigenvalue weighted by Crippen LogP contribution is -2.05. The highest BCUT2D eigenvalue weighted by atomic mass is 32.1. The third-order valence-electron chi connectivity index (χ3n) is 6.34. The van der Waals surface area contributed by atoms with Crippen LogP contribution in [0.4, 0.5) is 13.2 Å². The smallest absolute Gasteiger partial charge is 0.194 e. The van der Waals surface area contributed by atoms with Crippen molar-refractivity contribution in [3.63, 3.8) is 0 Å². The lowest BCUT2D eigenvalue weighted by Gasteiger charge is -2.18. The molecule has 0 unspecified atom stereocenters. The second-order valence-corrected chi connectivity index (χ2v) is 9.37. The molecule has 0 radical (unpaired) electrons. The van der Waals surface area contributed by atoms with Crippen LogP contribution in [0.2, 0.25) is 0 Å². The van der Waals surface area contributed by atoms with E-state index in [1.807, 2.05) is 24.4 Å². The van der Waals surface area contributed by atoms with Crippen molar-refractivity contribution in [3.8, 4) is 22.4 Å². The zero-order valence-corrected chi connectivity index (χ0v) is 17.9. The predicted octanol–water partition coefficient (Wildman–Crippen LogP) is 8.08. The lowest BCUT2D eigenvalue weighted by molar-refractivity contribution is 0.448. The number of aryl methyl sites for hydroxylation is 1. The Bertz CT molecular complexity index is 1500. The van der Waals surface area contributed by atoms with Gasteiger partial charge in [-0.1, -0.05) is 12.1 Å². The Hall–Kier alpha value is -3.18. The van der Waals surface area contributed by atoms with Gasteiger partial charge in [-0.05, 0) is 90.4 Å². The van der Waals surface area contributed by atoms with Crippen molar-refractivity contribution in [1.29, 1.82) is 0 Å². The minimum atomic E-state index is -1.45. The van der Waals surface area contributed by atoms with Crippen LogP contribution in [0.25, 0.3) is 42.6 Å². The summed E-state index contributed by atoms with van der Waals surface area (Å²) in [5, 5.41) is 2.10. The number of hydrogen-bond acceptors (Lipinski definition) is 2. The maximum absolute atomic E-state index is 13.8. The molecule has 0 bridgehead atoms. The predicted molar refractivity (Wildman–Crippen MR) is 125 cm³/mol. The van der Waals surface area contributed by atoms with Crippen LogP contribution in [-0.2, 0) is 12.8 Å². The Balaban J connectivity index is 1.53. The van der Waals surface area contributed by atoms with Gasteiger partial charge in [0.05, 0.1) is 5.69 Å². The molecule has 1 aliphatic rings. The molecule has 0 fully saturated rings. The van der Waals surface area contributed by atoms with Gasteiger partial charge in [0.2, 0.25) is 0 Å². The first kappa shape index (κ1) is 19.5. The third kappa shape index (κ3) is 3.11. The van der Waals surface area contributed by atoms with Crippen molar-refractivity contribution in [3.05, 3.63) is 89.4 Å². The summed E-state index contributed by atoms with van der Waals surface area (Å²) >= 11 is 1.68. The van der Waals surface area contributed by atoms with Gasteiger partial charge in [0, 0.05) is 31.9 Å². The van der Waals surface area contributed by atoms with Crippen molar-refractivity contribution in [1.82, 2.24) is 4.98 Å². The average molecular weight is 446 g/mol. The van der Waals surface area contributed by atoms with Crippen molar-refractivity contribution >= 4 is 31.5 Å². The first-order chi connectivity index (χ1) is 15.6. The molecule has 2 aromatic heterocycles. The molecule has 6 rings (SSSR count). The molecule has 0 saturated heterocycles. The molecule has 158 valence electrons. The van der Waals surface area contributed by atoms with Gasteiger partial charge in [-0.3, -0.25) is 4.98 Å². The molecular formula is C27H18F3NS. The summed E-state index contributed by atoms with van der Waals surface area (Å²) in [6.07, 6.45) is 6.45. The standard InChI is InChI=1S/C27H18F3NS/c28-22-13-18(14-23(29)26(22)30)16-5-7-24-20(11-16)21-12-17(6-8-25(21)32-24)27-19-4-2-1-3-15(19)9-10-31-27/h5-14H,1-4H2. The molecule has 0 aliphatic heterocycles. The zero-order chi connectivity index (χ0) is 21.8. The molecule has 1 nitrogen and oxygen atoms in total. The van der Waals surface area contributed by atoms with E-state index in [0.29, 0.717) is 11.1 Å². The van der Waals surface area contributed by atoms with Crippen LogP contribution in [0.5, 0.6) is 0 Å². The van der Waals surface area contributed by atoms with Crippen LogP contribution in [0.15, 0.2) is 60.8 Å². The summed E-state index contributed by atoms with van der Waals surface area (Å²) in [6.45, 7) is 0. The van der Waals surface area contributed by atoms with Crippen LogP contribution in [0.3, 0.4) is 0 Å². The van der Waals surface area contributed by atoms with Gasteiger partial charge in [0.25, 0.3) is 0 Å². The Morgan fingerprint density at radius 1 is 0.688 bits per heavy atom. The number of rotatable bonds is 2. The van der Waals surface area contributed by atoms with Crippen LogP contribution in [0, 0.1) is 17.5 Å². The van der Waals surface area contributed by atoms with Gasteiger partial charge in [0.1, 0.15) is 0 Å². The number of thiophene rings is 1. The number of aromatic nitrogens is 1. The summed E-state index contributed by atoms with van der Waals surface area (Å²) in [6, 6.07) is 16.3. The van der Waals surface area contributed by atoms with Gasteiger partial charge >= 0.3 is 0 Å². The quantitative estimate of drug-likeness (QED) is 0.250. The van der Waals surface area contributed by atoms with Gasteiger partial charge < -0.3 is 0 Å². The van der Waals surface area contributed by atoms with Gasteiger partial charge in [-0.2, -0.15) is 0 Å². The topological polar surface area (TPSA) is 12.9 Å². The molecular weight excluding hydrogens is 427 g/mol. The molecule has 5 aromatic rings. The fourth-order valence-electron chi connectivity index (χ4n) is 4.74. The molecule has 0 amide bonds. The summed E-state index contributed by atoms with van der Waals surface area (Å²) in [4.78, 5) is 4.71. The first-order valence-electron chi connectivity index (χ1n) is 10.7. The van der Waals surface area contributed by atoms with E-state index in [4.69, 9.17) is 4.98 Å². The van der Waals surface area contributed by atoms with Gasteiger partial charge in [-0.25, -0.2) is 13.2 Å². The molecule has 32 heavy (non-hydrogen) atoms. The van der Waals surface area contributed by atoms with Crippen LogP contribution >= 0.6 is 11.3 Å². The average Bonchev–Trinajstić information content (AvgIpc) is 3.19. The van der Waals surface area contributed by atoms with Crippen LogP contribution in [-0.4, -0.2) is 4.98 Å². The molecule has 3 aromatic carbocycles. The molecule has 0 atom stereocenters. The van der Waals surface area contributed by atoms with E-state index in [9.17, 15) is 13.2 Å². The SMILES string of the molecule is Fc1cc(-c2ccc3sc4ccc(-c5nccc6c5CCCC6)cc4c3c2)cc(F)c1F. The van der Waals surface area contributed by atoms with Crippen LogP contribution < -0.4 is 0 Å². The minimum absolute atomic E-state index is 0.317. The monoisotopic (exact) mass is 445 g/mol. The maximum atomic E-state index is 13.8. The first-order valence-corrected chi connectivity index (χ1v) is 11.5. The van der Waals surface area contributed by atoms with E-state index in [1.165, 1.54) is 24.0 Å².